The van der Waals surface area contributed by atoms with Crippen LogP contribution in [-0.4, -0.2) is 17.6 Å². The Kier molecular flexibility index (Phi) is 7.68. The SMILES string of the molecule is CC(C)c1cccc(NC(N)=NCc2ccc(OCC3CC3)nc2)c1.I. The Bertz CT molecular complexity index is 727. The van der Waals surface area contributed by atoms with Gasteiger partial charge in [0.15, 0.2) is 5.96 Å². The Balaban J connectivity index is 0.00000243. The van der Waals surface area contributed by atoms with E-state index in [-0.39, 0.29) is 24.0 Å². The fraction of sp³-hybridized carbons (Fsp3) is 0.400. The topological polar surface area (TPSA) is 72.5 Å². The third-order valence-corrected chi connectivity index (χ3v) is 4.22. The highest BCUT2D eigenvalue weighted by molar-refractivity contribution is 14.0. The van der Waals surface area contributed by atoms with Crippen molar-refractivity contribution >= 4 is 35.6 Å². The van der Waals surface area contributed by atoms with Gasteiger partial charge in [0.1, 0.15) is 0 Å². The second-order valence-electron chi connectivity index (χ2n) is 6.87. The largest absolute Gasteiger partial charge is 0.477 e. The zero-order valence-electron chi connectivity index (χ0n) is 15.3. The Labute approximate surface area is 172 Å². The van der Waals surface area contributed by atoms with Gasteiger partial charge in [0.2, 0.25) is 5.88 Å². The molecular weight excluding hydrogens is 439 g/mol. The Hall–Kier alpha value is -1.83. The minimum absolute atomic E-state index is 0. The maximum absolute atomic E-state index is 5.99. The highest BCUT2D eigenvalue weighted by Gasteiger charge is 2.21. The number of rotatable bonds is 7. The lowest BCUT2D eigenvalue weighted by Gasteiger charge is -2.10. The number of hydrogen-bond donors (Lipinski definition) is 2. The predicted octanol–water partition coefficient (Wildman–Crippen LogP) is 4.54. The van der Waals surface area contributed by atoms with E-state index in [9.17, 15) is 0 Å². The first-order chi connectivity index (χ1) is 12.1. The van der Waals surface area contributed by atoms with E-state index in [4.69, 9.17) is 10.5 Å². The van der Waals surface area contributed by atoms with Crippen LogP contribution < -0.4 is 15.8 Å². The summed E-state index contributed by atoms with van der Waals surface area (Å²) in [5.74, 6) is 2.28. The molecule has 0 spiro atoms. The Morgan fingerprint density at radius 2 is 2.12 bits per heavy atom. The summed E-state index contributed by atoms with van der Waals surface area (Å²) >= 11 is 0. The van der Waals surface area contributed by atoms with Gasteiger partial charge in [0, 0.05) is 18.0 Å². The molecule has 140 valence electrons. The van der Waals surface area contributed by atoms with Crippen molar-refractivity contribution in [2.45, 2.75) is 39.2 Å². The van der Waals surface area contributed by atoms with Crippen LogP contribution in [0.25, 0.3) is 0 Å². The van der Waals surface area contributed by atoms with Crippen LogP contribution in [0.5, 0.6) is 5.88 Å². The van der Waals surface area contributed by atoms with Crippen molar-refractivity contribution < 1.29 is 4.74 Å². The van der Waals surface area contributed by atoms with Gasteiger partial charge in [0.05, 0.1) is 13.2 Å². The number of ether oxygens (including phenoxy) is 1. The second-order valence-corrected chi connectivity index (χ2v) is 6.87. The van der Waals surface area contributed by atoms with Crippen LogP contribution in [0.15, 0.2) is 47.6 Å². The van der Waals surface area contributed by atoms with Crippen molar-refractivity contribution in [1.82, 2.24) is 4.98 Å². The molecular formula is C20H27IN4O. The van der Waals surface area contributed by atoms with Crippen molar-refractivity contribution in [3.63, 3.8) is 0 Å². The number of nitrogens with two attached hydrogens (primary N) is 1. The maximum Gasteiger partial charge on any atom is 0.213 e. The summed E-state index contributed by atoms with van der Waals surface area (Å²) < 4.78 is 5.64. The summed E-state index contributed by atoms with van der Waals surface area (Å²) in [5.41, 5.74) is 9.21. The fourth-order valence-corrected chi connectivity index (χ4v) is 2.42. The first-order valence-corrected chi connectivity index (χ1v) is 8.85. The van der Waals surface area contributed by atoms with Gasteiger partial charge in [-0.05, 0) is 47.9 Å². The van der Waals surface area contributed by atoms with Crippen molar-refractivity contribution in [1.29, 1.82) is 0 Å². The number of aliphatic imine (C=N–C) groups is 1. The van der Waals surface area contributed by atoms with Gasteiger partial charge < -0.3 is 15.8 Å². The van der Waals surface area contributed by atoms with Crippen LogP contribution in [0.4, 0.5) is 5.69 Å². The average Bonchev–Trinajstić information content (AvgIpc) is 3.44. The zero-order chi connectivity index (χ0) is 17.6. The van der Waals surface area contributed by atoms with E-state index in [1.807, 2.05) is 24.3 Å². The van der Waals surface area contributed by atoms with Crippen LogP contribution in [0.2, 0.25) is 0 Å². The van der Waals surface area contributed by atoms with Crippen molar-refractivity contribution in [3.8, 4) is 5.88 Å². The molecule has 2 aromatic rings. The predicted molar refractivity (Wildman–Crippen MR) is 117 cm³/mol. The molecule has 0 atom stereocenters. The molecule has 1 aliphatic carbocycles. The van der Waals surface area contributed by atoms with Crippen LogP contribution in [0.3, 0.4) is 0 Å². The molecule has 26 heavy (non-hydrogen) atoms. The lowest BCUT2D eigenvalue weighted by molar-refractivity contribution is 0.288. The summed E-state index contributed by atoms with van der Waals surface area (Å²) in [6.45, 7) is 5.60. The molecule has 1 aromatic carbocycles. The molecule has 3 rings (SSSR count). The lowest BCUT2D eigenvalue weighted by atomic mass is 10.0. The molecule has 0 unspecified atom stereocenters. The van der Waals surface area contributed by atoms with Crippen molar-refractivity contribution in [2.75, 3.05) is 11.9 Å². The molecule has 0 aliphatic heterocycles. The first-order valence-electron chi connectivity index (χ1n) is 8.85. The summed E-state index contributed by atoms with van der Waals surface area (Å²) in [7, 11) is 0. The molecule has 1 saturated carbocycles. The molecule has 1 heterocycles. The van der Waals surface area contributed by atoms with E-state index >= 15 is 0 Å². The van der Waals surface area contributed by atoms with Gasteiger partial charge in [-0.2, -0.15) is 0 Å². The number of halogens is 1. The fourth-order valence-electron chi connectivity index (χ4n) is 2.42. The smallest absolute Gasteiger partial charge is 0.213 e. The van der Waals surface area contributed by atoms with Crippen LogP contribution >= 0.6 is 24.0 Å². The molecule has 0 saturated heterocycles. The molecule has 0 radical (unpaired) electrons. The molecule has 1 aliphatic rings. The van der Waals surface area contributed by atoms with Crippen molar-refractivity contribution in [3.05, 3.63) is 53.7 Å². The summed E-state index contributed by atoms with van der Waals surface area (Å²) in [5, 5.41) is 3.14. The van der Waals surface area contributed by atoms with Gasteiger partial charge in [-0.3, -0.25) is 0 Å². The average molecular weight is 466 g/mol. The minimum atomic E-state index is 0. The van der Waals surface area contributed by atoms with Crippen LogP contribution in [-0.2, 0) is 6.54 Å². The summed E-state index contributed by atoms with van der Waals surface area (Å²) in [6.07, 6.45) is 4.34. The highest BCUT2D eigenvalue weighted by atomic mass is 127. The molecule has 0 amide bonds. The first kappa shape index (κ1) is 20.5. The molecule has 1 aromatic heterocycles. The number of guanidine groups is 1. The highest BCUT2D eigenvalue weighted by Crippen LogP contribution is 2.29. The van der Waals surface area contributed by atoms with Crippen LogP contribution in [0, 0.1) is 5.92 Å². The number of pyridine rings is 1. The molecule has 1 fully saturated rings. The Morgan fingerprint density at radius 1 is 1.31 bits per heavy atom. The van der Waals surface area contributed by atoms with Gasteiger partial charge in [-0.1, -0.05) is 32.0 Å². The molecule has 5 nitrogen and oxygen atoms in total. The van der Waals surface area contributed by atoms with Gasteiger partial charge >= 0.3 is 0 Å². The van der Waals surface area contributed by atoms with Crippen molar-refractivity contribution in [2.24, 2.45) is 16.6 Å². The van der Waals surface area contributed by atoms with E-state index < -0.39 is 0 Å². The van der Waals surface area contributed by atoms with Gasteiger partial charge in [-0.15, -0.1) is 24.0 Å². The quantitative estimate of drug-likeness (QED) is 0.357. The van der Waals surface area contributed by atoms with E-state index in [2.05, 4.69) is 41.3 Å². The second kappa shape index (κ2) is 9.75. The monoisotopic (exact) mass is 466 g/mol. The molecule has 3 N–H and O–H groups in total. The summed E-state index contributed by atoms with van der Waals surface area (Å²) in [6, 6.07) is 12.1. The van der Waals surface area contributed by atoms with E-state index in [0.717, 1.165) is 23.8 Å². The summed E-state index contributed by atoms with van der Waals surface area (Å²) in [4.78, 5) is 8.70. The normalized spacial score (nSPS) is 14.0. The number of hydrogen-bond acceptors (Lipinski definition) is 3. The third kappa shape index (κ3) is 6.48. The molecule has 6 heteroatoms. The Morgan fingerprint density at radius 3 is 2.77 bits per heavy atom. The van der Waals surface area contributed by atoms with E-state index in [1.54, 1.807) is 6.20 Å². The van der Waals surface area contributed by atoms with Gasteiger partial charge in [-0.25, -0.2) is 9.98 Å². The van der Waals surface area contributed by atoms with Gasteiger partial charge in [0.25, 0.3) is 0 Å². The standard InChI is InChI=1S/C20H26N4O.HI/c1-14(2)17-4-3-5-18(10-17)24-20(21)23-12-16-8-9-19(22-11-16)25-13-15-6-7-15;/h3-5,8-11,14-15H,6-7,12-13H2,1-2H3,(H3,21,23,24);1H. The number of aromatic nitrogens is 1. The number of nitrogens with one attached hydrogen (secondary N) is 1. The zero-order valence-corrected chi connectivity index (χ0v) is 17.6. The van der Waals surface area contributed by atoms with Crippen LogP contribution in [0.1, 0.15) is 43.7 Å². The third-order valence-electron chi connectivity index (χ3n) is 4.22. The maximum atomic E-state index is 5.99. The van der Waals surface area contributed by atoms with E-state index in [0.29, 0.717) is 24.3 Å². The lowest BCUT2D eigenvalue weighted by Crippen LogP contribution is -2.22. The number of benzene rings is 1. The molecule has 0 bridgehead atoms. The number of anilines is 1. The number of nitrogens with zero attached hydrogens (tertiary/aromatic N) is 2. The minimum Gasteiger partial charge on any atom is -0.477 e. The van der Waals surface area contributed by atoms with E-state index in [1.165, 1.54) is 18.4 Å².